The average molecular weight is 243 g/mol. The Morgan fingerprint density at radius 1 is 1.41 bits per heavy atom. The van der Waals surface area contributed by atoms with Crippen molar-refractivity contribution >= 4 is 17.6 Å². The zero-order chi connectivity index (χ0) is 13.3. The molecular formula is C10H21N5O2. The van der Waals surface area contributed by atoms with E-state index in [1.165, 1.54) is 6.92 Å². The monoisotopic (exact) mass is 243 g/mol. The lowest BCUT2D eigenvalue weighted by Gasteiger charge is -2.15. The van der Waals surface area contributed by atoms with E-state index in [9.17, 15) is 9.59 Å². The summed E-state index contributed by atoms with van der Waals surface area (Å²) < 4.78 is 0. The summed E-state index contributed by atoms with van der Waals surface area (Å²) >= 11 is 0. The topological polar surface area (TPSA) is 120 Å². The van der Waals surface area contributed by atoms with Gasteiger partial charge in [-0.25, -0.2) is 0 Å². The number of hydrogen-bond acceptors (Lipinski definition) is 4. The van der Waals surface area contributed by atoms with Crippen LogP contribution in [0.5, 0.6) is 0 Å². The van der Waals surface area contributed by atoms with E-state index in [2.05, 4.69) is 16.0 Å². The molecule has 0 rings (SSSR count). The van der Waals surface area contributed by atoms with Gasteiger partial charge in [-0.2, -0.15) is 0 Å². The zero-order valence-electron chi connectivity index (χ0n) is 10.3. The highest BCUT2D eigenvalue weighted by Gasteiger charge is 2.15. The van der Waals surface area contributed by atoms with E-state index in [0.717, 1.165) is 0 Å². The maximum Gasteiger partial charge on any atom is 0.234 e. The number of carbonyl (C=O) groups excluding carboxylic acids is 2. The van der Waals surface area contributed by atoms with Crippen molar-refractivity contribution in [1.29, 1.82) is 5.41 Å². The molecule has 7 heteroatoms. The van der Waals surface area contributed by atoms with Gasteiger partial charge in [0.15, 0.2) is 11.7 Å². The van der Waals surface area contributed by atoms with Gasteiger partial charge in [0.2, 0.25) is 5.91 Å². The third kappa shape index (κ3) is 8.21. The normalized spacial score (nSPS) is 11.6. The van der Waals surface area contributed by atoms with Crippen molar-refractivity contribution in [1.82, 2.24) is 16.0 Å². The third-order valence-electron chi connectivity index (χ3n) is 2.15. The molecule has 0 bridgehead atoms. The zero-order valence-corrected chi connectivity index (χ0v) is 10.3. The number of likely N-dealkylation sites (N-methyl/N-ethyl adjacent to an activating group) is 1. The molecule has 17 heavy (non-hydrogen) atoms. The molecule has 0 heterocycles. The molecule has 98 valence electrons. The Hall–Kier alpha value is -1.63. The molecule has 0 saturated carbocycles. The summed E-state index contributed by atoms with van der Waals surface area (Å²) in [5, 5.41) is 15.0. The Balaban J connectivity index is 3.95. The smallest absolute Gasteiger partial charge is 0.234 e. The highest BCUT2D eigenvalue weighted by Crippen LogP contribution is 1.98. The highest BCUT2D eigenvalue weighted by atomic mass is 16.2. The fourth-order valence-corrected chi connectivity index (χ4v) is 1.31. The van der Waals surface area contributed by atoms with Crippen molar-refractivity contribution in [2.45, 2.75) is 25.8 Å². The van der Waals surface area contributed by atoms with E-state index in [1.54, 1.807) is 7.05 Å². The number of guanidine groups is 1. The van der Waals surface area contributed by atoms with E-state index in [1.807, 2.05) is 0 Å². The van der Waals surface area contributed by atoms with Gasteiger partial charge in [-0.1, -0.05) is 0 Å². The molecule has 0 aliphatic heterocycles. The number of amides is 1. The molecule has 0 aliphatic rings. The first-order chi connectivity index (χ1) is 7.97. The molecule has 0 radical (unpaired) electrons. The average Bonchev–Trinajstić information content (AvgIpc) is 2.22. The molecule has 0 aromatic rings. The molecule has 0 fully saturated rings. The van der Waals surface area contributed by atoms with Gasteiger partial charge in [0.05, 0.1) is 12.6 Å². The Kier molecular flexibility index (Phi) is 7.70. The van der Waals surface area contributed by atoms with Gasteiger partial charge in [-0.05, 0) is 26.8 Å². The molecule has 1 amide bonds. The van der Waals surface area contributed by atoms with Crippen LogP contribution in [0.25, 0.3) is 0 Å². The third-order valence-corrected chi connectivity index (χ3v) is 2.15. The molecule has 0 saturated heterocycles. The maximum atomic E-state index is 11.3. The predicted octanol–water partition coefficient (Wildman–Crippen LogP) is -1.46. The molecule has 0 unspecified atom stereocenters. The van der Waals surface area contributed by atoms with Crippen LogP contribution in [-0.2, 0) is 9.59 Å². The van der Waals surface area contributed by atoms with Crippen molar-refractivity contribution < 1.29 is 9.59 Å². The molecule has 1 atom stereocenters. The molecule has 6 N–H and O–H groups in total. The van der Waals surface area contributed by atoms with Crippen molar-refractivity contribution in [3.05, 3.63) is 0 Å². The minimum absolute atomic E-state index is 0.0720. The summed E-state index contributed by atoms with van der Waals surface area (Å²) in [5.74, 6) is -0.368. The van der Waals surface area contributed by atoms with Crippen molar-refractivity contribution in [2.24, 2.45) is 5.73 Å². The highest BCUT2D eigenvalue weighted by molar-refractivity contribution is 5.88. The van der Waals surface area contributed by atoms with Crippen LogP contribution in [0.1, 0.15) is 19.8 Å². The number of hydrogen-bond donors (Lipinski definition) is 5. The minimum atomic E-state index is -0.468. The van der Waals surface area contributed by atoms with Crippen LogP contribution in [0.4, 0.5) is 0 Å². The first-order valence-corrected chi connectivity index (χ1v) is 5.49. The van der Waals surface area contributed by atoms with Gasteiger partial charge in [0.25, 0.3) is 0 Å². The number of nitrogens with one attached hydrogen (secondary N) is 4. The summed E-state index contributed by atoms with van der Waals surface area (Å²) in [6.07, 6.45) is 1.19. The van der Waals surface area contributed by atoms with Crippen molar-refractivity contribution in [2.75, 3.05) is 20.1 Å². The van der Waals surface area contributed by atoms with Gasteiger partial charge >= 0.3 is 0 Å². The van der Waals surface area contributed by atoms with E-state index in [0.29, 0.717) is 19.4 Å². The number of Topliss-reactive ketones (excluding diaryl/α,β-unsaturated/α-hetero) is 1. The van der Waals surface area contributed by atoms with Gasteiger partial charge in [0, 0.05) is 6.54 Å². The van der Waals surface area contributed by atoms with Gasteiger partial charge < -0.3 is 21.7 Å². The first kappa shape index (κ1) is 15.4. The lowest BCUT2D eigenvalue weighted by Crippen LogP contribution is -2.43. The van der Waals surface area contributed by atoms with Crippen LogP contribution >= 0.6 is 0 Å². The van der Waals surface area contributed by atoms with Crippen LogP contribution in [-0.4, -0.2) is 43.8 Å². The maximum absolute atomic E-state index is 11.3. The van der Waals surface area contributed by atoms with E-state index in [4.69, 9.17) is 11.1 Å². The summed E-state index contributed by atoms with van der Waals surface area (Å²) in [6.45, 7) is 2.15. The molecular weight excluding hydrogens is 222 g/mol. The molecule has 7 nitrogen and oxygen atoms in total. The van der Waals surface area contributed by atoms with E-state index in [-0.39, 0.29) is 24.2 Å². The fourth-order valence-electron chi connectivity index (χ4n) is 1.31. The number of rotatable bonds is 8. The molecule has 0 aromatic heterocycles. The molecule has 0 aromatic carbocycles. The van der Waals surface area contributed by atoms with Gasteiger partial charge in [-0.3, -0.25) is 15.0 Å². The fraction of sp³-hybridized carbons (Fsp3) is 0.700. The largest absolute Gasteiger partial charge is 0.370 e. The van der Waals surface area contributed by atoms with Crippen LogP contribution in [0.3, 0.4) is 0 Å². The SMILES string of the molecule is CNCC(=O)N[C@H](CCCNC(=N)N)C(C)=O. The minimum Gasteiger partial charge on any atom is -0.370 e. The van der Waals surface area contributed by atoms with E-state index >= 15 is 0 Å². The summed E-state index contributed by atoms with van der Waals surface area (Å²) in [4.78, 5) is 22.6. The molecule has 0 aliphatic carbocycles. The van der Waals surface area contributed by atoms with Gasteiger partial charge in [-0.15, -0.1) is 0 Å². The number of ketones is 1. The van der Waals surface area contributed by atoms with Crippen LogP contribution in [0.15, 0.2) is 0 Å². The summed E-state index contributed by atoms with van der Waals surface area (Å²) in [7, 11) is 1.67. The van der Waals surface area contributed by atoms with Crippen LogP contribution in [0, 0.1) is 5.41 Å². The van der Waals surface area contributed by atoms with Crippen LogP contribution < -0.4 is 21.7 Å². The molecule has 0 spiro atoms. The summed E-state index contributed by atoms with van der Waals surface area (Å²) in [6, 6.07) is -0.468. The van der Waals surface area contributed by atoms with Gasteiger partial charge in [0.1, 0.15) is 0 Å². The second-order valence-electron chi connectivity index (χ2n) is 3.74. The lowest BCUT2D eigenvalue weighted by molar-refractivity contribution is -0.126. The number of nitrogens with two attached hydrogens (primary N) is 1. The number of carbonyl (C=O) groups is 2. The Morgan fingerprint density at radius 2 is 2.06 bits per heavy atom. The Bertz CT molecular complexity index is 280. The van der Waals surface area contributed by atoms with E-state index < -0.39 is 6.04 Å². The van der Waals surface area contributed by atoms with Crippen molar-refractivity contribution in [3.63, 3.8) is 0 Å². The van der Waals surface area contributed by atoms with Crippen molar-refractivity contribution in [3.8, 4) is 0 Å². The quantitative estimate of drug-likeness (QED) is 0.203. The predicted molar refractivity (Wildman–Crippen MR) is 65.7 cm³/mol. The lowest BCUT2D eigenvalue weighted by atomic mass is 10.1. The Labute approximate surface area is 101 Å². The Morgan fingerprint density at radius 3 is 2.53 bits per heavy atom. The second kappa shape index (κ2) is 8.51. The second-order valence-corrected chi connectivity index (χ2v) is 3.74. The summed E-state index contributed by atoms with van der Waals surface area (Å²) in [5.41, 5.74) is 5.12. The standard InChI is InChI=1S/C10H21N5O2/c1-7(16)8(15-9(17)6-13-2)4-3-5-14-10(11)12/h8,13H,3-6H2,1-2H3,(H,15,17)(H4,11,12,14)/t8-/m1/s1. The first-order valence-electron chi connectivity index (χ1n) is 5.49. The van der Waals surface area contributed by atoms with Crippen LogP contribution in [0.2, 0.25) is 0 Å².